The number of likely N-dealkylation sites (tertiary alicyclic amines) is 1. The summed E-state index contributed by atoms with van der Waals surface area (Å²) in [4.78, 5) is 2.56. The molecule has 3 heteroatoms. The van der Waals surface area contributed by atoms with Gasteiger partial charge in [0.1, 0.15) is 0 Å². The molecule has 0 bridgehead atoms. The molecule has 0 saturated carbocycles. The minimum Gasteiger partial charge on any atom is -0.330 e. The third-order valence-electron chi connectivity index (χ3n) is 3.50. The van der Waals surface area contributed by atoms with Crippen molar-refractivity contribution in [1.29, 1.82) is 0 Å². The number of hydrogen-bond acceptors (Lipinski definition) is 2. The fraction of sp³-hybridized carbons (Fsp3) is 0.571. The topological polar surface area (TPSA) is 29.3 Å². The lowest BCUT2D eigenvalue weighted by atomic mass is 9.98. The Morgan fingerprint density at radius 3 is 2.71 bits per heavy atom. The summed E-state index contributed by atoms with van der Waals surface area (Å²) >= 11 is 0. The number of nitrogens with zero attached hydrogens (tertiary/aromatic N) is 1. The molecular formula is C14H23ClN2. The minimum absolute atomic E-state index is 0. The van der Waals surface area contributed by atoms with E-state index in [0.29, 0.717) is 0 Å². The lowest BCUT2D eigenvalue weighted by molar-refractivity contribution is 0.180. The average molecular weight is 255 g/mol. The van der Waals surface area contributed by atoms with Gasteiger partial charge in [-0.15, -0.1) is 12.4 Å². The van der Waals surface area contributed by atoms with E-state index in [2.05, 4.69) is 35.2 Å². The molecule has 0 aliphatic carbocycles. The van der Waals surface area contributed by atoms with E-state index in [1.54, 1.807) is 0 Å². The molecule has 1 saturated heterocycles. The zero-order valence-corrected chi connectivity index (χ0v) is 11.2. The van der Waals surface area contributed by atoms with E-state index in [9.17, 15) is 0 Å². The molecule has 2 N–H and O–H groups in total. The van der Waals surface area contributed by atoms with Crippen LogP contribution in [-0.4, -0.2) is 31.1 Å². The van der Waals surface area contributed by atoms with Gasteiger partial charge < -0.3 is 10.6 Å². The monoisotopic (exact) mass is 254 g/mol. The largest absolute Gasteiger partial charge is 0.330 e. The van der Waals surface area contributed by atoms with E-state index in [4.69, 9.17) is 5.73 Å². The number of piperidine rings is 1. The highest BCUT2D eigenvalue weighted by Gasteiger charge is 2.17. The quantitative estimate of drug-likeness (QED) is 0.894. The summed E-state index contributed by atoms with van der Waals surface area (Å²) in [6.45, 7) is 4.48. The van der Waals surface area contributed by atoms with E-state index >= 15 is 0 Å². The first-order valence-electron chi connectivity index (χ1n) is 6.35. The molecule has 0 radical (unpaired) electrons. The predicted molar refractivity (Wildman–Crippen MR) is 75.6 cm³/mol. The first kappa shape index (κ1) is 14.5. The predicted octanol–water partition coefficient (Wildman–Crippen LogP) is 2.32. The SMILES string of the molecule is Cl.NCC1CCCN(CCc2ccccc2)C1. The Morgan fingerprint density at radius 2 is 2.00 bits per heavy atom. The van der Waals surface area contributed by atoms with Gasteiger partial charge in [0.05, 0.1) is 0 Å². The molecular weight excluding hydrogens is 232 g/mol. The number of rotatable bonds is 4. The van der Waals surface area contributed by atoms with Gasteiger partial charge in [0, 0.05) is 13.1 Å². The highest BCUT2D eigenvalue weighted by atomic mass is 35.5. The summed E-state index contributed by atoms with van der Waals surface area (Å²) in [5.74, 6) is 0.726. The molecule has 0 aromatic heterocycles. The van der Waals surface area contributed by atoms with Crippen molar-refractivity contribution in [2.24, 2.45) is 11.7 Å². The Labute approximate surface area is 111 Å². The van der Waals surface area contributed by atoms with Crippen LogP contribution in [0.3, 0.4) is 0 Å². The fourth-order valence-electron chi connectivity index (χ4n) is 2.48. The first-order valence-corrected chi connectivity index (χ1v) is 6.35. The summed E-state index contributed by atoms with van der Waals surface area (Å²) in [5.41, 5.74) is 7.19. The molecule has 1 aliphatic rings. The van der Waals surface area contributed by atoms with Crippen molar-refractivity contribution < 1.29 is 0 Å². The second-order valence-electron chi connectivity index (χ2n) is 4.78. The van der Waals surface area contributed by atoms with Crippen LogP contribution < -0.4 is 5.73 Å². The molecule has 1 aromatic carbocycles. The van der Waals surface area contributed by atoms with Gasteiger partial charge in [-0.1, -0.05) is 30.3 Å². The van der Waals surface area contributed by atoms with Crippen LogP contribution >= 0.6 is 12.4 Å². The molecule has 1 unspecified atom stereocenters. The molecule has 1 heterocycles. The van der Waals surface area contributed by atoms with Crippen molar-refractivity contribution >= 4 is 12.4 Å². The van der Waals surface area contributed by atoms with Gasteiger partial charge in [-0.25, -0.2) is 0 Å². The van der Waals surface area contributed by atoms with Crippen molar-refractivity contribution in [2.45, 2.75) is 19.3 Å². The Hall–Kier alpha value is -0.570. The Bertz CT molecular complexity index is 302. The van der Waals surface area contributed by atoms with E-state index in [-0.39, 0.29) is 12.4 Å². The van der Waals surface area contributed by atoms with Crippen LogP contribution in [0.15, 0.2) is 30.3 Å². The van der Waals surface area contributed by atoms with Crippen LogP contribution in [-0.2, 0) is 6.42 Å². The van der Waals surface area contributed by atoms with Crippen molar-refractivity contribution in [3.05, 3.63) is 35.9 Å². The molecule has 2 rings (SSSR count). The van der Waals surface area contributed by atoms with Gasteiger partial charge in [-0.2, -0.15) is 0 Å². The van der Waals surface area contributed by atoms with Gasteiger partial charge in [0.2, 0.25) is 0 Å². The average Bonchev–Trinajstić information content (AvgIpc) is 2.38. The summed E-state index contributed by atoms with van der Waals surface area (Å²) in [7, 11) is 0. The lowest BCUT2D eigenvalue weighted by Crippen LogP contribution is -2.39. The molecule has 1 aromatic rings. The van der Waals surface area contributed by atoms with Crippen molar-refractivity contribution in [3.8, 4) is 0 Å². The van der Waals surface area contributed by atoms with E-state index in [0.717, 1.165) is 18.9 Å². The smallest absolute Gasteiger partial charge is 0.00219 e. The minimum atomic E-state index is 0. The number of hydrogen-bond donors (Lipinski definition) is 1. The summed E-state index contributed by atoms with van der Waals surface area (Å²) < 4.78 is 0. The van der Waals surface area contributed by atoms with Crippen molar-refractivity contribution in [1.82, 2.24) is 4.90 Å². The second kappa shape index (κ2) is 7.70. The summed E-state index contributed by atoms with van der Waals surface area (Å²) in [6, 6.07) is 10.7. The summed E-state index contributed by atoms with van der Waals surface area (Å²) in [6.07, 6.45) is 3.80. The molecule has 96 valence electrons. The molecule has 17 heavy (non-hydrogen) atoms. The van der Waals surface area contributed by atoms with Crippen LogP contribution in [0.4, 0.5) is 0 Å². The maximum Gasteiger partial charge on any atom is 0.00219 e. The molecule has 1 fully saturated rings. The van der Waals surface area contributed by atoms with Gasteiger partial charge in [0.15, 0.2) is 0 Å². The zero-order chi connectivity index (χ0) is 11.2. The van der Waals surface area contributed by atoms with Gasteiger partial charge >= 0.3 is 0 Å². The number of halogens is 1. The van der Waals surface area contributed by atoms with Gasteiger partial charge in [-0.3, -0.25) is 0 Å². The van der Waals surface area contributed by atoms with Crippen molar-refractivity contribution in [2.75, 3.05) is 26.2 Å². The zero-order valence-electron chi connectivity index (χ0n) is 10.3. The Kier molecular flexibility index (Phi) is 6.56. The highest BCUT2D eigenvalue weighted by Crippen LogP contribution is 2.15. The molecule has 2 nitrogen and oxygen atoms in total. The molecule has 1 aliphatic heterocycles. The third kappa shape index (κ3) is 4.66. The number of benzene rings is 1. The van der Waals surface area contributed by atoms with Gasteiger partial charge in [-0.05, 0) is 43.8 Å². The first-order chi connectivity index (χ1) is 7.88. The van der Waals surface area contributed by atoms with E-state index in [1.807, 2.05) is 0 Å². The van der Waals surface area contributed by atoms with E-state index in [1.165, 1.54) is 38.0 Å². The standard InChI is InChI=1S/C14H22N2.ClH/c15-11-14-7-4-9-16(12-14)10-8-13-5-2-1-3-6-13;/h1-3,5-6,14H,4,7-12,15H2;1H. The van der Waals surface area contributed by atoms with Crippen LogP contribution in [0.1, 0.15) is 18.4 Å². The normalized spacial score (nSPS) is 20.9. The molecule has 0 spiro atoms. The molecule has 0 amide bonds. The fourth-order valence-corrected chi connectivity index (χ4v) is 2.48. The van der Waals surface area contributed by atoms with Crippen molar-refractivity contribution in [3.63, 3.8) is 0 Å². The van der Waals surface area contributed by atoms with Crippen LogP contribution in [0.25, 0.3) is 0 Å². The molecule has 1 atom stereocenters. The summed E-state index contributed by atoms with van der Waals surface area (Å²) in [5, 5.41) is 0. The third-order valence-corrected chi connectivity index (χ3v) is 3.50. The van der Waals surface area contributed by atoms with E-state index < -0.39 is 0 Å². The Balaban J connectivity index is 0.00000144. The van der Waals surface area contributed by atoms with Crippen LogP contribution in [0.5, 0.6) is 0 Å². The maximum absolute atomic E-state index is 5.75. The second-order valence-corrected chi connectivity index (χ2v) is 4.78. The maximum atomic E-state index is 5.75. The highest BCUT2D eigenvalue weighted by molar-refractivity contribution is 5.85. The van der Waals surface area contributed by atoms with Crippen LogP contribution in [0, 0.1) is 5.92 Å². The van der Waals surface area contributed by atoms with Crippen LogP contribution in [0.2, 0.25) is 0 Å². The lowest BCUT2D eigenvalue weighted by Gasteiger charge is -2.32. The number of nitrogens with two attached hydrogens (primary N) is 1. The van der Waals surface area contributed by atoms with Gasteiger partial charge in [0.25, 0.3) is 0 Å². The Morgan fingerprint density at radius 1 is 1.24 bits per heavy atom.